The third-order valence-electron chi connectivity index (χ3n) is 5.24. The molecule has 0 aromatic heterocycles. The van der Waals surface area contributed by atoms with Crippen LogP contribution in [-0.2, 0) is 16.5 Å². The van der Waals surface area contributed by atoms with Gasteiger partial charge < -0.3 is 0 Å². The van der Waals surface area contributed by atoms with E-state index in [-0.39, 0.29) is 5.75 Å². The van der Waals surface area contributed by atoms with Gasteiger partial charge in [-0.05, 0) is 0 Å². The number of aryl methyl sites for hydroxylation is 1. The van der Waals surface area contributed by atoms with Gasteiger partial charge in [0.1, 0.15) is 0 Å². The molecule has 1 rings (SSSR count). The molecule has 0 saturated heterocycles. The Morgan fingerprint density at radius 2 is 1.28 bits per heavy atom. The van der Waals surface area contributed by atoms with Crippen LogP contribution in [0.2, 0.25) is 13.3 Å². The third-order valence-corrected chi connectivity index (χ3v) is 21.6. The van der Waals surface area contributed by atoms with E-state index in [4.69, 9.17) is 4.55 Å². The van der Waals surface area contributed by atoms with E-state index in [0.29, 0.717) is 6.42 Å². The first-order valence-corrected chi connectivity index (χ1v) is 19.0. The summed E-state index contributed by atoms with van der Waals surface area (Å²) in [5.74, 6) is -0.192. The van der Waals surface area contributed by atoms with Crippen molar-refractivity contribution in [3.8, 4) is 0 Å². The summed E-state index contributed by atoms with van der Waals surface area (Å²) in [6, 6.07) is 8.76. The zero-order valence-corrected chi connectivity index (χ0v) is 19.9. The molecular weight excluding hydrogens is 439 g/mol. The van der Waals surface area contributed by atoms with Gasteiger partial charge in [-0.3, -0.25) is 0 Å². The SMILES string of the molecule is CCC[CH2][Sn]([CH2]CCC)([CH2]CCC)[c]1ccc(CCS(=O)(=O)O)cc1. The van der Waals surface area contributed by atoms with Crippen LogP contribution in [0.25, 0.3) is 0 Å². The first kappa shape index (κ1) is 23.0. The summed E-state index contributed by atoms with van der Waals surface area (Å²) in [5.41, 5.74) is 1.00. The second-order valence-electron chi connectivity index (χ2n) is 7.32. The summed E-state index contributed by atoms with van der Waals surface area (Å²) in [4.78, 5) is 0. The van der Waals surface area contributed by atoms with Crippen molar-refractivity contribution in [1.29, 1.82) is 0 Å². The zero-order valence-electron chi connectivity index (χ0n) is 16.3. The molecule has 3 nitrogen and oxygen atoms in total. The number of rotatable bonds is 13. The van der Waals surface area contributed by atoms with E-state index in [0.717, 1.165) is 5.56 Å². The maximum atomic E-state index is 11.0. The van der Waals surface area contributed by atoms with Gasteiger partial charge in [-0.25, -0.2) is 0 Å². The standard InChI is InChI=1S/C8H9O3S.3C4H9.Sn/c9-12(10,11)7-6-8-4-2-1-3-5-8;3*1-3-4-2;/h2-5H,6-7H2,(H,9,10,11);3*1,3-4H2,2H3;. The van der Waals surface area contributed by atoms with Crippen LogP contribution in [0.3, 0.4) is 0 Å². The molecule has 0 aliphatic rings. The van der Waals surface area contributed by atoms with Crippen molar-refractivity contribution in [1.82, 2.24) is 0 Å². The van der Waals surface area contributed by atoms with E-state index in [9.17, 15) is 8.42 Å². The fourth-order valence-electron chi connectivity index (χ4n) is 3.63. The van der Waals surface area contributed by atoms with Crippen molar-refractivity contribution in [2.45, 2.75) is 79.0 Å². The molecule has 0 unspecified atom stereocenters. The third kappa shape index (κ3) is 8.44. The molecule has 0 atom stereocenters. The quantitative estimate of drug-likeness (QED) is 0.316. The first-order chi connectivity index (χ1) is 11.9. The average molecular weight is 475 g/mol. The summed E-state index contributed by atoms with van der Waals surface area (Å²) in [6.45, 7) is 6.86. The summed E-state index contributed by atoms with van der Waals surface area (Å²) in [6.07, 6.45) is 8.21. The summed E-state index contributed by atoms with van der Waals surface area (Å²) < 4.78 is 36.8. The van der Waals surface area contributed by atoms with Crippen LogP contribution < -0.4 is 3.58 Å². The molecule has 0 saturated carbocycles. The fourth-order valence-corrected chi connectivity index (χ4v) is 20.0. The molecule has 1 N–H and O–H groups in total. The van der Waals surface area contributed by atoms with Crippen LogP contribution in [0.15, 0.2) is 24.3 Å². The van der Waals surface area contributed by atoms with Crippen LogP contribution in [0, 0.1) is 0 Å². The molecule has 25 heavy (non-hydrogen) atoms. The van der Waals surface area contributed by atoms with E-state index >= 15 is 0 Å². The Morgan fingerprint density at radius 3 is 1.64 bits per heavy atom. The molecule has 0 bridgehead atoms. The van der Waals surface area contributed by atoms with Crippen molar-refractivity contribution in [3.05, 3.63) is 29.8 Å². The molecular formula is C20H36O3SSn. The monoisotopic (exact) mass is 476 g/mol. The number of hydrogen-bond donors (Lipinski definition) is 1. The van der Waals surface area contributed by atoms with E-state index < -0.39 is 28.5 Å². The molecule has 0 amide bonds. The van der Waals surface area contributed by atoms with Gasteiger partial charge in [-0.15, -0.1) is 0 Å². The van der Waals surface area contributed by atoms with Gasteiger partial charge in [0.05, 0.1) is 0 Å². The Morgan fingerprint density at radius 1 is 0.840 bits per heavy atom. The minimum atomic E-state index is -3.88. The second-order valence-corrected chi connectivity index (χ2v) is 22.1. The van der Waals surface area contributed by atoms with Gasteiger partial charge in [-0.2, -0.15) is 0 Å². The summed E-state index contributed by atoms with van der Waals surface area (Å²) >= 11 is -2.37. The number of unbranched alkanes of at least 4 members (excludes halogenated alkanes) is 3. The predicted molar refractivity (Wildman–Crippen MR) is 111 cm³/mol. The topological polar surface area (TPSA) is 54.4 Å². The van der Waals surface area contributed by atoms with E-state index in [1.165, 1.54) is 51.8 Å². The fraction of sp³-hybridized carbons (Fsp3) is 0.700. The van der Waals surface area contributed by atoms with Crippen molar-refractivity contribution >= 4 is 32.1 Å². The Balaban J connectivity index is 3.01. The molecule has 1 aromatic rings. The molecule has 0 aliphatic carbocycles. The van der Waals surface area contributed by atoms with Crippen LogP contribution >= 0.6 is 0 Å². The molecule has 5 heteroatoms. The van der Waals surface area contributed by atoms with E-state index in [2.05, 4.69) is 45.0 Å². The van der Waals surface area contributed by atoms with Crippen LogP contribution in [0.4, 0.5) is 0 Å². The predicted octanol–water partition coefficient (Wildman–Crippen LogP) is 5.17. The Bertz CT molecular complexity index is 560. The molecule has 144 valence electrons. The van der Waals surface area contributed by atoms with Crippen molar-refractivity contribution < 1.29 is 13.0 Å². The summed E-state index contributed by atoms with van der Waals surface area (Å²) in [5, 5.41) is 0. The molecule has 0 fully saturated rings. The van der Waals surface area contributed by atoms with Gasteiger partial charge >= 0.3 is 160 Å². The van der Waals surface area contributed by atoms with Crippen LogP contribution in [0.5, 0.6) is 0 Å². The van der Waals surface area contributed by atoms with Crippen molar-refractivity contribution in [2.24, 2.45) is 0 Å². The van der Waals surface area contributed by atoms with Gasteiger partial charge in [0.2, 0.25) is 0 Å². The minimum absolute atomic E-state index is 0.192. The van der Waals surface area contributed by atoms with Gasteiger partial charge in [0.15, 0.2) is 0 Å². The molecule has 1 aromatic carbocycles. The number of benzene rings is 1. The Kier molecular flexibility index (Phi) is 10.7. The first-order valence-electron chi connectivity index (χ1n) is 9.91. The van der Waals surface area contributed by atoms with Crippen molar-refractivity contribution in [2.75, 3.05) is 5.75 Å². The van der Waals surface area contributed by atoms with E-state index in [1.807, 2.05) is 0 Å². The maximum absolute atomic E-state index is 11.0. The Labute approximate surface area is 159 Å². The van der Waals surface area contributed by atoms with Gasteiger partial charge in [0, 0.05) is 0 Å². The molecule has 0 aliphatic heterocycles. The van der Waals surface area contributed by atoms with Crippen molar-refractivity contribution in [3.63, 3.8) is 0 Å². The van der Waals surface area contributed by atoms with Crippen LogP contribution in [0.1, 0.15) is 64.9 Å². The second kappa shape index (κ2) is 11.6. The zero-order chi connectivity index (χ0) is 18.8. The molecule has 0 heterocycles. The van der Waals surface area contributed by atoms with Gasteiger partial charge in [0.25, 0.3) is 0 Å². The Hall–Kier alpha value is -0.0713. The van der Waals surface area contributed by atoms with E-state index in [1.54, 1.807) is 3.58 Å². The number of hydrogen-bond acceptors (Lipinski definition) is 2. The normalized spacial score (nSPS) is 12.5. The van der Waals surface area contributed by atoms with Crippen LogP contribution in [-0.4, -0.2) is 37.1 Å². The van der Waals surface area contributed by atoms with Gasteiger partial charge in [-0.1, -0.05) is 0 Å². The summed E-state index contributed by atoms with van der Waals surface area (Å²) in [7, 11) is -3.88. The molecule has 0 spiro atoms. The average Bonchev–Trinajstić information content (AvgIpc) is 2.59. The molecule has 0 radical (unpaired) electrons.